The van der Waals surface area contributed by atoms with Gasteiger partial charge in [-0.05, 0) is 55.0 Å². The summed E-state index contributed by atoms with van der Waals surface area (Å²) in [7, 11) is 0. The maximum Gasteiger partial charge on any atom is 0.573 e. The van der Waals surface area contributed by atoms with Gasteiger partial charge in [0.25, 0.3) is 5.91 Å². The second-order valence-electron chi connectivity index (χ2n) is 6.50. The Balaban J connectivity index is 1.80. The summed E-state index contributed by atoms with van der Waals surface area (Å²) in [6, 6.07) is 4.75. The summed E-state index contributed by atoms with van der Waals surface area (Å²) in [6.07, 6.45) is -0.0825. The molecule has 3 aromatic rings. The number of hydrogen-bond donors (Lipinski definition) is 2. The van der Waals surface area contributed by atoms with Gasteiger partial charge >= 0.3 is 6.36 Å². The van der Waals surface area contributed by atoms with Gasteiger partial charge in [0.2, 0.25) is 0 Å². The number of ether oxygens (including phenoxy) is 1. The molecule has 0 radical (unpaired) electrons. The highest BCUT2D eigenvalue weighted by Gasteiger charge is 2.34. The second-order valence-corrected chi connectivity index (χ2v) is 6.50. The van der Waals surface area contributed by atoms with E-state index in [1.807, 2.05) is 6.07 Å². The van der Waals surface area contributed by atoms with Gasteiger partial charge in [-0.3, -0.25) is 9.89 Å². The SMILES string of the molecule is Cc1cc(C(=O)Nc2cn[nH]c2)nc2c(OC(F)(F)F)cc(C3CC3)cc12. The first-order chi connectivity index (χ1) is 12.8. The molecule has 27 heavy (non-hydrogen) atoms. The molecule has 0 spiro atoms. The van der Waals surface area contributed by atoms with Crippen molar-refractivity contribution in [2.24, 2.45) is 0 Å². The third-order valence-electron chi connectivity index (χ3n) is 4.37. The van der Waals surface area contributed by atoms with Crippen LogP contribution in [0.15, 0.2) is 30.6 Å². The van der Waals surface area contributed by atoms with Crippen LogP contribution in [0.5, 0.6) is 5.75 Å². The van der Waals surface area contributed by atoms with Gasteiger partial charge in [-0.25, -0.2) is 4.98 Å². The van der Waals surface area contributed by atoms with E-state index in [0.717, 1.165) is 18.4 Å². The number of carbonyl (C=O) groups is 1. The smallest absolute Gasteiger partial charge is 0.403 e. The van der Waals surface area contributed by atoms with Crippen molar-refractivity contribution in [3.8, 4) is 5.75 Å². The number of benzene rings is 1. The molecule has 2 aromatic heterocycles. The van der Waals surface area contributed by atoms with Crippen LogP contribution >= 0.6 is 0 Å². The van der Waals surface area contributed by atoms with E-state index in [1.165, 1.54) is 18.5 Å². The predicted molar refractivity (Wildman–Crippen MR) is 91.7 cm³/mol. The summed E-state index contributed by atoms with van der Waals surface area (Å²) in [4.78, 5) is 16.6. The molecule has 2 N–H and O–H groups in total. The number of alkyl halides is 3. The van der Waals surface area contributed by atoms with E-state index in [1.54, 1.807) is 13.0 Å². The Labute approximate surface area is 151 Å². The maximum atomic E-state index is 12.9. The van der Waals surface area contributed by atoms with Gasteiger partial charge in [-0.2, -0.15) is 5.10 Å². The molecule has 4 rings (SSSR count). The van der Waals surface area contributed by atoms with Gasteiger partial charge in [-0.1, -0.05) is 0 Å². The van der Waals surface area contributed by atoms with Crippen molar-refractivity contribution in [1.82, 2.24) is 15.2 Å². The first-order valence-electron chi connectivity index (χ1n) is 8.31. The number of rotatable bonds is 4. The van der Waals surface area contributed by atoms with Gasteiger partial charge in [-0.15, -0.1) is 13.2 Å². The molecule has 140 valence electrons. The number of amides is 1. The van der Waals surface area contributed by atoms with Crippen LogP contribution < -0.4 is 10.1 Å². The zero-order chi connectivity index (χ0) is 19.2. The Morgan fingerprint density at radius 1 is 1.30 bits per heavy atom. The lowest BCUT2D eigenvalue weighted by Crippen LogP contribution is -2.18. The number of pyridine rings is 1. The molecule has 0 aliphatic heterocycles. The van der Waals surface area contributed by atoms with Crippen LogP contribution in [-0.4, -0.2) is 27.5 Å². The Hall–Kier alpha value is -3.10. The average molecular weight is 376 g/mol. The van der Waals surface area contributed by atoms with Crippen molar-refractivity contribution >= 4 is 22.5 Å². The zero-order valence-corrected chi connectivity index (χ0v) is 14.2. The fourth-order valence-electron chi connectivity index (χ4n) is 2.97. The number of anilines is 1. The lowest BCUT2D eigenvalue weighted by molar-refractivity contribution is -0.274. The van der Waals surface area contributed by atoms with Gasteiger partial charge in [0.15, 0.2) is 5.75 Å². The van der Waals surface area contributed by atoms with E-state index in [0.29, 0.717) is 16.6 Å². The molecule has 9 heteroatoms. The summed E-state index contributed by atoms with van der Waals surface area (Å²) in [5.74, 6) is -0.693. The average Bonchev–Trinajstić information content (AvgIpc) is 3.31. The molecule has 0 saturated heterocycles. The number of halogens is 3. The monoisotopic (exact) mass is 376 g/mol. The Morgan fingerprint density at radius 2 is 2.07 bits per heavy atom. The molecule has 0 atom stereocenters. The zero-order valence-electron chi connectivity index (χ0n) is 14.2. The third-order valence-corrected chi connectivity index (χ3v) is 4.37. The maximum absolute atomic E-state index is 12.9. The Morgan fingerprint density at radius 3 is 2.70 bits per heavy atom. The van der Waals surface area contributed by atoms with Crippen molar-refractivity contribution < 1.29 is 22.7 Å². The topological polar surface area (TPSA) is 79.9 Å². The molecule has 2 heterocycles. The molecule has 0 bridgehead atoms. The number of hydrogen-bond acceptors (Lipinski definition) is 4. The minimum absolute atomic E-state index is 0.00704. The van der Waals surface area contributed by atoms with E-state index in [-0.39, 0.29) is 22.9 Å². The van der Waals surface area contributed by atoms with E-state index < -0.39 is 12.3 Å². The van der Waals surface area contributed by atoms with Crippen molar-refractivity contribution in [3.63, 3.8) is 0 Å². The first-order valence-corrected chi connectivity index (χ1v) is 8.31. The van der Waals surface area contributed by atoms with Crippen molar-refractivity contribution in [1.29, 1.82) is 0 Å². The van der Waals surface area contributed by atoms with Crippen LogP contribution in [-0.2, 0) is 0 Å². The van der Waals surface area contributed by atoms with Gasteiger partial charge in [0.1, 0.15) is 11.2 Å². The highest BCUT2D eigenvalue weighted by atomic mass is 19.4. The lowest BCUT2D eigenvalue weighted by atomic mass is 10.0. The minimum atomic E-state index is -4.85. The summed E-state index contributed by atoms with van der Waals surface area (Å²) >= 11 is 0. The van der Waals surface area contributed by atoms with Crippen LogP contribution in [0.25, 0.3) is 10.9 Å². The molecule has 0 unspecified atom stereocenters. The molecule has 1 aliphatic carbocycles. The number of nitrogens with zero attached hydrogens (tertiary/aromatic N) is 2. The molecular weight excluding hydrogens is 361 g/mol. The number of carbonyl (C=O) groups excluding carboxylic acids is 1. The molecule has 6 nitrogen and oxygen atoms in total. The summed E-state index contributed by atoms with van der Waals surface area (Å²) in [6.45, 7) is 1.73. The minimum Gasteiger partial charge on any atom is -0.403 e. The van der Waals surface area contributed by atoms with Crippen LogP contribution in [0.3, 0.4) is 0 Å². The number of aromatic amines is 1. The van der Waals surface area contributed by atoms with Gasteiger partial charge in [0, 0.05) is 11.6 Å². The highest BCUT2D eigenvalue weighted by molar-refractivity contribution is 6.04. The largest absolute Gasteiger partial charge is 0.573 e. The van der Waals surface area contributed by atoms with E-state index >= 15 is 0 Å². The van der Waals surface area contributed by atoms with E-state index in [9.17, 15) is 18.0 Å². The molecule has 1 aromatic carbocycles. The van der Waals surface area contributed by atoms with E-state index in [4.69, 9.17) is 0 Å². The van der Waals surface area contributed by atoms with Gasteiger partial charge in [0.05, 0.1) is 11.9 Å². The Kier molecular flexibility index (Phi) is 4.01. The van der Waals surface area contributed by atoms with E-state index in [2.05, 4.69) is 25.2 Å². The van der Waals surface area contributed by atoms with Crippen LogP contribution in [0.2, 0.25) is 0 Å². The van der Waals surface area contributed by atoms with Crippen molar-refractivity contribution in [2.45, 2.75) is 32.0 Å². The summed E-state index contributed by atoms with van der Waals surface area (Å²) in [5, 5.41) is 9.39. The highest BCUT2D eigenvalue weighted by Crippen LogP contribution is 2.44. The molecule has 1 aliphatic rings. The van der Waals surface area contributed by atoms with Gasteiger partial charge < -0.3 is 10.1 Å². The fraction of sp³-hybridized carbons (Fsp3) is 0.278. The quantitative estimate of drug-likeness (QED) is 0.712. The lowest BCUT2D eigenvalue weighted by Gasteiger charge is -2.15. The number of nitrogens with one attached hydrogen (secondary N) is 2. The van der Waals surface area contributed by atoms with Crippen LogP contribution in [0.4, 0.5) is 18.9 Å². The summed E-state index contributed by atoms with van der Waals surface area (Å²) in [5.41, 5.74) is 1.87. The second kappa shape index (κ2) is 6.26. The molecule has 1 saturated carbocycles. The molecule has 1 fully saturated rings. The number of fused-ring (bicyclic) bond motifs is 1. The number of aryl methyl sites for hydroxylation is 1. The number of aromatic nitrogens is 3. The first kappa shape index (κ1) is 17.3. The summed E-state index contributed by atoms with van der Waals surface area (Å²) < 4.78 is 42.9. The Bertz CT molecular complexity index is 1010. The van der Waals surface area contributed by atoms with Crippen LogP contribution in [0.1, 0.15) is 40.4 Å². The predicted octanol–water partition coefficient (Wildman–Crippen LogP) is 4.29. The van der Waals surface area contributed by atoms with Crippen LogP contribution in [0, 0.1) is 6.92 Å². The van der Waals surface area contributed by atoms with Crippen molar-refractivity contribution in [2.75, 3.05) is 5.32 Å². The number of H-pyrrole nitrogens is 1. The molecule has 1 amide bonds. The standard InChI is InChI=1S/C18H15F3N4O2/c1-9-4-14(17(26)24-12-7-22-23-8-12)25-16-13(9)5-11(10-2-3-10)6-15(16)27-18(19,20)21/h4-8,10H,2-3H2,1H3,(H,22,23)(H,24,26). The third kappa shape index (κ3) is 3.71. The van der Waals surface area contributed by atoms with Crippen molar-refractivity contribution in [3.05, 3.63) is 47.4 Å². The fourth-order valence-corrected chi connectivity index (χ4v) is 2.97. The molecular formula is C18H15F3N4O2. The normalized spacial score (nSPS) is 14.4.